The number of aromatic nitrogens is 2. The average molecular weight is 358 g/mol. The molecule has 0 unspecified atom stereocenters. The number of hydrogen-bond donors (Lipinski definition) is 1. The largest absolute Gasteiger partial charge is 0.451 e. The summed E-state index contributed by atoms with van der Waals surface area (Å²) in [5, 5.41) is 0.710. The van der Waals surface area contributed by atoms with E-state index in [-0.39, 0.29) is 5.56 Å². The molecule has 2 aromatic rings. The van der Waals surface area contributed by atoms with Crippen molar-refractivity contribution in [3.05, 3.63) is 50.9 Å². The Morgan fingerprint density at radius 2 is 2.24 bits per heavy atom. The van der Waals surface area contributed by atoms with Crippen LogP contribution in [0.1, 0.15) is 49.6 Å². The van der Waals surface area contributed by atoms with Crippen LogP contribution in [0.3, 0.4) is 0 Å². The smallest absolute Gasteiger partial charge is 0.331 e. The molecular formula is C19H22N2O3S. The van der Waals surface area contributed by atoms with Gasteiger partial charge in [-0.2, -0.15) is 0 Å². The number of nitrogens with zero attached hydrogens (tertiary/aromatic N) is 1. The molecule has 132 valence electrons. The first-order valence-electron chi connectivity index (χ1n) is 8.54. The molecule has 0 amide bonds. The number of rotatable bonds is 4. The molecule has 1 N–H and O–H groups in total. The fraction of sp³-hybridized carbons (Fsp3) is 0.421. The van der Waals surface area contributed by atoms with Crippen LogP contribution in [0, 0.1) is 5.92 Å². The van der Waals surface area contributed by atoms with Crippen LogP contribution in [0.2, 0.25) is 0 Å². The van der Waals surface area contributed by atoms with Gasteiger partial charge >= 0.3 is 5.97 Å². The van der Waals surface area contributed by atoms with E-state index in [1.54, 1.807) is 30.4 Å². The Kier molecular flexibility index (Phi) is 5.18. The number of hydrogen-bond acceptors (Lipinski definition) is 5. The maximum atomic E-state index is 12.6. The Hall–Kier alpha value is -2.21. The van der Waals surface area contributed by atoms with Gasteiger partial charge in [0.25, 0.3) is 5.56 Å². The van der Waals surface area contributed by atoms with Crippen molar-refractivity contribution in [2.75, 3.05) is 0 Å². The zero-order chi connectivity index (χ0) is 18.0. The molecule has 5 nitrogen and oxygen atoms in total. The molecule has 0 saturated carbocycles. The number of carbonyl (C=O) groups is 1. The van der Waals surface area contributed by atoms with Crippen molar-refractivity contribution in [1.82, 2.24) is 9.97 Å². The van der Waals surface area contributed by atoms with Crippen molar-refractivity contribution >= 4 is 27.5 Å². The molecule has 2 atom stereocenters. The lowest BCUT2D eigenvalue weighted by Crippen LogP contribution is -2.17. The van der Waals surface area contributed by atoms with E-state index in [2.05, 4.69) is 16.9 Å². The van der Waals surface area contributed by atoms with Crippen molar-refractivity contribution in [3.63, 3.8) is 0 Å². The molecule has 25 heavy (non-hydrogen) atoms. The van der Waals surface area contributed by atoms with E-state index < -0.39 is 12.1 Å². The van der Waals surface area contributed by atoms with Gasteiger partial charge in [-0.05, 0) is 44.6 Å². The standard InChI is InChI=1S/C19H22N2O3S/c1-4-5-6-7-15(22)24-12(3)17-20-18(23)16-13-9-8-11(2)10-14(13)25-19(16)21-17/h4-7,11-12H,8-10H2,1-3H3,(H,20,21,23)/b5-4+,7-6+/t11-,12-/m0/s1. The van der Waals surface area contributed by atoms with Crippen LogP contribution in [-0.4, -0.2) is 15.9 Å². The van der Waals surface area contributed by atoms with Gasteiger partial charge in [-0.1, -0.05) is 25.2 Å². The lowest BCUT2D eigenvalue weighted by Gasteiger charge is -2.17. The molecule has 2 heterocycles. The highest BCUT2D eigenvalue weighted by Crippen LogP contribution is 2.35. The summed E-state index contributed by atoms with van der Waals surface area (Å²) in [6.07, 6.45) is 8.95. The van der Waals surface area contributed by atoms with E-state index in [4.69, 9.17) is 4.74 Å². The molecule has 0 radical (unpaired) electrons. The Morgan fingerprint density at radius 3 is 3.00 bits per heavy atom. The molecule has 6 heteroatoms. The molecule has 0 aliphatic heterocycles. The highest BCUT2D eigenvalue weighted by molar-refractivity contribution is 7.18. The van der Waals surface area contributed by atoms with Gasteiger partial charge in [0.15, 0.2) is 11.9 Å². The Bertz CT molecular complexity index is 907. The number of allylic oxidation sites excluding steroid dienone is 3. The van der Waals surface area contributed by atoms with E-state index in [1.807, 2.05) is 13.0 Å². The third kappa shape index (κ3) is 3.74. The van der Waals surface area contributed by atoms with E-state index in [0.29, 0.717) is 17.1 Å². The second-order valence-electron chi connectivity index (χ2n) is 6.45. The number of fused-ring (bicyclic) bond motifs is 3. The van der Waals surface area contributed by atoms with E-state index in [9.17, 15) is 9.59 Å². The van der Waals surface area contributed by atoms with Gasteiger partial charge in [0.05, 0.1) is 5.39 Å². The summed E-state index contributed by atoms with van der Waals surface area (Å²) < 4.78 is 5.32. The predicted octanol–water partition coefficient (Wildman–Crippen LogP) is 3.85. The SMILES string of the molecule is C/C=C/C=C/C(=O)O[C@@H](C)c1nc2sc3c(c2c(=O)[nH]1)CC[C@H](C)C3. The number of aryl methyl sites for hydroxylation is 1. The number of ether oxygens (including phenoxy) is 1. The van der Waals surface area contributed by atoms with Crippen LogP contribution in [0.4, 0.5) is 0 Å². The van der Waals surface area contributed by atoms with Gasteiger partial charge in [-0.15, -0.1) is 11.3 Å². The molecular weight excluding hydrogens is 336 g/mol. The van der Waals surface area contributed by atoms with Crippen molar-refractivity contribution in [2.24, 2.45) is 5.92 Å². The Labute approximate surface area is 150 Å². The number of carbonyl (C=O) groups excluding carboxylic acids is 1. The summed E-state index contributed by atoms with van der Waals surface area (Å²) in [5.41, 5.74) is 1.01. The molecule has 0 saturated heterocycles. The Morgan fingerprint density at radius 1 is 1.44 bits per heavy atom. The molecule has 3 rings (SSSR count). The monoisotopic (exact) mass is 358 g/mol. The van der Waals surface area contributed by atoms with Gasteiger partial charge in [-0.3, -0.25) is 4.79 Å². The number of thiophene rings is 1. The summed E-state index contributed by atoms with van der Waals surface area (Å²) >= 11 is 1.59. The third-order valence-corrected chi connectivity index (χ3v) is 5.55. The lowest BCUT2D eigenvalue weighted by molar-refractivity contribution is -0.142. The van der Waals surface area contributed by atoms with Gasteiger partial charge in [0.1, 0.15) is 4.83 Å². The van der Waals surface area contributed by atoms with Gasteiger partial charge in [0, 0.05) is 11.0 Å². The first-order valence-corrected chi connectivity index (χ1v) is 9.35. The highest BCUT2D eigenvalue weighted by atomic mass is 32.1. The average Bonchev–Trinajstić information content (AvgIpc) is 2.92. The highest BCUT2D eigenvalue weighted by Gasteiger charge is 2.24. The van der Waals surface area contributed by atoms with Crippen molar-refractivity contribution in [2.45, 2.75) is 46.1 Å². The van der Waals surface area contributed by atoms with Gasteiger partial charge in [0.2, 0.25) is 0 Å². The van der Waals surface area contributed by atoms with Crippen LogP contribution in [0.15, 0.2) is 29.1 Å². The molecule has 1 aliphatic carbocycles. The second kappa shape index (κ2) is 7.35. The minimum atomic E-state index is -0.613. The molecule has 0 aromatic carbocycles. The number of nitrogens with one attached hydrogen (secondary N) is 1. The Balaban J connectivity index is 1.88. The lowest BCUT2D eigenvalue weighted by atomic mass is 9.89. The summed E-state index contributed by atoms with van der Waals surface area (Å²) in [4.78, 5) is 33.7. The van der Waals surface area contributed by atoms with Crippen LogP contribution in [0.5, 0.6) is 0 Å². The van der Waals surface area contributed by atoms with Crippen LogP contribution >= 0.6 is 11.3 Å². The molecule has 0 bridgehead atoms. The normalized spacial score (nSPS) is 18.8. The molecule has 2 aromatic heterocycles. The first-order chi connectivity index (χ1) is 12.0. The van der Waals surface area contributed by atoms with Crippen LogP contribution in [-0.2, 0) is 22.4 Å². The zero-order valence-corrected chi connectivity index (χ0v) is 15.5. The van der Waals surface area contributed by atoms with Gasteiger partial charge < -0.3 is 9.72 Å². The summed E-state index contributed by atoms with van der Waals surface area (Å²) in [6, 6.07) is 0. The van der Waals surface area contributed by atoms with Crippen molar-refractivity contribution in [1.29, 1.82) is 0 Å². The minimum absolute atomic E-state index is 0.139. The van der Waals surface area contributed by atoms with Crippen LogP contribution in [0.25, 0.3) is 10.2 Å². The minimum Gasteiger partial charge on any atom is -0.451 e. The predicted molar refractivity (Wildman–Crippen MR) is 99.9 cm³/mol. The van der Waals surface area contributed by atoms with E-state index in [1.165, 1.54) is 11.0 Å². The fourth-order valence-corrected chi connectivity index (χ4v) is 4.46. The summed E-state index contributed by atoms with van der Waals surface area (Å²) in [7, 11) is 0. The maximum absolute atomic E-state index is 12.6. The number of aromatic amines is 1. The van der Waals surface area contributed by atoms with Crippen LogP contribution < -0.4 is 5.56 Å². The fourth-order valence-electron chi connectivity index (χ4n) is 3.07. The topological polar surface area (TPSA) is 72.0 Å². The van der Waals surface area contributed by atoms with E-state index in [0.717, 1.165) is 29.7 Å². The number of esters is 1. The zero-order valence-electron chi connectivity index (χ0n) is 14.7. The quantitative estimate of drug-likeness (QED) is 0.512. The summed E-state index contributed by atoms with van der Waals surface area (Å²) in [6.45, 7) is 5.81. The molecule has 0 spiro atoms. The van der Waals surface area contributed by atoms with Gasteiger partial charge in [-0.25, -0.2) is 9.78 Å². The van der Waals surface area contributed by atoms with E-state index >= 15 is 0 Å². The van der Waals surface area contributed by atoms with Crippen molar-refractivity contribution in [3.8, 4) is 0 Å². The number of H-pyrrole nitrogens is 1. The molecule has 1 aliphatic rings. The summed E-state index contributed by atoms with van der Waals surface area (Å²) in [5.74, 6) is 0.563. The molecule has 0 fully saturated rings. The van der Waals surface area contributed by atoms with Crippen molar-refractivity contribution < 1.29 is 9.53 Å². The first kappa shape index (κ1) is 17.6. The second-order valence-corrected chi connectivity index (χ2v) is 7.53. The maximum Gasteiger partial charge on any atom is 0.331 e. The third-order valence-electron chi connectivity index (χ3n) is 4.40.